The van der Waals surface area contributed by atoms with Gasteiger partial charge in [0, 0.05) is 67.2 Å². The van der Waals surface area contributed by atoms with Crippen LogP contribution in [0.3, 0.4) is 0 Å². The molecule has 258 valence electrons. The number of fused-ring (bicyclic) bond motifs is 1. The molecule has 6 rings (SSSR count). The molecule has 2 aliphatic rings. The standard InChI is InChI=1S/C36H36ClF2N3O6S/c1-22(43)28-17-41(31-11-10-24(15-27(28)31)48-12-13-49(46)21-36(2)19-47-20-36)18-33(44)42-16-23(38)14-32(42)35(45)40-30-9-5-7-26(34(30)39)25-6-3-4-8-29(25)37/h3-11,15,17,23,32H,12-14,16,18-21H2,1-2H3,(H,40,45)/t23-,32+,49?/m1/s1. The van der Waals surface area contributed by atoms with Crippen LogP contribution in [-0.2, 0) is 31.7 Å². The normalized spacial score (nSPS) is 19.0. The van der Waals surface area contributed by atoms with Crippen molar-refractivity contribution in [2.24, 2.45) is 5.41 Å². The van der Waals surface area contributed by atoms with E-state index in [1.54, 1.807) is 59.3 Å². The first-order chi connectivity index (χ1) is 23.4. The van der Waals surface area contributed by atoms with Crippen molar-refractivity contribution in [3.8, 4) is 16.9 Å². The van der Waals surface area contributed by atoms with E-state index >= 15 is 4.39 Å². The average Bonchev–Trinajstić information content (AvgIpc) is 3.62. The number of aromatic nitrogens is 1. The summed E-state index contributed by atoms with van der Waals surface area (Å²) in [4.78, 5) is 40.7. The molecule has 3 atom stereocenters. The highest BCUT2D eigenvalue weighted by Crippen LogP contribution is 2.34. The van der Waals surface area contributed by atoms with Gasteiger partial charge in [0.05, 0.1) is 37.8 Å². The van der Waals surface area contributed by atoms with Gasteiger partial charge in [-0.15, -0.1) is 0 Å². The molecule has 3 aromatic carbocycles. The van der Waals surface area contributed by atoms with E-state index < -0.39 is 40.6 Å². The first-order valence-corrected chi connectivity index (χ1v) is 17.8. The molecule has 9 nitrogen and oxygen atoms in total. The second-order valence-corrected chi connectivity index (χ2v) is 14.9. The number of nitrogens with zero attached hydrogens (tertiary/aromatic N) is 2. The molecule has 0 saturated carbocycles. The largest absolute Gasteiger partial charge is 0.493 e. The Morgan fingerprint density at radius 3 is 2.57 bits per heavy atom. The minimum atomic E-state index is -1.45. The monoisotopic (exact) mass is 711 g/mol. The molecular formula is C36H36ClF2N3O6S. The Hall–Kier alpha value is -4.13. The smallest absolute Gasteiger partial charge is 0.247 e. The first-order valence-electron chi connectivity index (χ1n) is 15.9. The van der Waals surface area contributed by atoms with Crippen LogP contribution >= 0.6 is 11.6 Å². The quantitative estimate of drug-likeness (QED) is 0.180. The third-order valence-corrected chi connectivity index (χ3v) is 10.8. The fraction of sp³-hybridized carbons (Fsp3) is 0.361. The molecule has 0 spiro atoms. The molecule has 1 aromatic heterocycles. The number of carbonyl (C=O) groups is 3. The van der Waals surface area contributed by atoms with Gasteiger partial charge in [0.1, 0.15) is 24.5 Å². The summed E-state index contributed by atoms with van der Waals surface area (Å²) in [5.74, 6) is -0.819. The summed E-state index contributed by atoms with van der Waals surface area (Å²) in [6.45, 7) is 4.31. The van der Waals surface area contributed by atoms with Crippen LogP contribution in [0.25, 0.3) is 22.0 Å². The lowest BCUT2D eigenvalue weighted by atomic mass is 9.92. The fourth-order valence-electron chi connectivity index (χ4n) is 6.30. The van der Waals surface area contributed by atoms with Crippen molar-refractivity contribution < 1.29 is 36.8 Å². The van der Waals surface area contributed by atoms with Crippen molar-refractivity contribution in [2.45, 2.75) is 39.0 Å². The molecule has 2 saturated heterocycles. The zero-order valence-electron chi connectivity index (χ0n) is 27.0. The average molecular weight is 712 g/mol. The lowest BCUT2D eigenvalue weighted by Crippen LogP contribution is -2.44. The molecule has 0 bridgehead atoms. The zero-order chi connectivity index (χ0) is 34.9. The van der Waals surface area contributed by atoms with Crippen LogP contribution in [0.2, 0.25) is 5.02 Å². The highest BCUT2D eigenvalue weighted by atomic mass is 35.5. The zero-order valence-corrected chi connectivity index (χ0v) is 28.6. The summed E-state index contributed by atoms with van der Waals surface area (Å²) in [5.41, 5.74) is 1.38. The molecule has 2 amide bonds. The number of benzene rings is 3. The van der Waals surface area contributed by atoms with E-state index in [-0.39, 0.29) is 48.6 Å². The molecule has 49 heavy (non-hydrogen) atoms. The molecule has 0 aliphatic carbocycles. The minimum Gasteiger partial charge on any atom is -0.493 e. The van der Waals surface area contributed by atoms with Crippen LogP contribution in [0.15, 0.2) is 66.9 Å². The Labute approximate surface area is 290 Å². The van der Waals surface area contributed by atoms with Crippen molar-refractivity contribution in [2.75, 3.05) is 43.2 Å². The van der Waals surface area contributed by atoms with Crippen molar-refractivity contribution >= 4 is 56.6 Å². The second kappa shape index (κ2) is 14.4. The third-order valence-electron chi connectivity index (χ3n) is 8.82. The molecule has 13 heteroatoms. The van der Waals surface area contributed by atoms with Gasteiger partial charge in [0.2, 0.25) is 11.8 Å². The van der Waals surface area contributed by atoms with Crippen molar-refractivity contribution in [1.82, 2.24) is 9.47 Å². The summed E-state index contributed by atoms with van der Waals surface area (Å²) >= 11 is 6.27. The molecule has 2 fully saturated rings. The number of hydrogen-bond acceptors (Lipinski definition) is 6. The number of nitrogens with one attached hydrogen (secondary N) is 1. The number of likely N-dealkylation sites (tertiary alicyclic amines) is 1. The Morgan fingerprint density at radius 1 is 1.10 bits per heavy atom. The van der Waals surface area contributed by atoms with Crippen LogP contribution in [0.5, 0.6) is 5.75 Å². The molecular weight excluding hydrogens is 676 g/mol. The number of Topliss-reactive ketones (excluding diaryl/α,β-unsaturated/α-hetero) is 1. The maximum Gasteiger partial charge on any atom is 0.247 e. The van der Waals surface area contributed by atoms with Gasteiger partial charge in [-0.3, -0.25) is 18.6 Å². The highest BCUT2D eigenvalue weighted by molar-refractivity contribution is 7.85. The molecule has 4 aromatic rings. The number of ether oxygens (including phenoxy) is 2. The molecule has 1 unspecified atom stereocenters. The van der Waals surface area contributed by atoms with Crippen LogP contribution < -0.4 is 10.1 Å². The lowest BCUT2D eigenvalue weighted by molar-refractivity contribution is -0.137. The molecule has 1 N–H and O–H groups in total. The van der Waals surface area contributed by atoms with E-state index in [1.807, 2.05) is 6.92 Å². The van der Waals surface area contributed by atoms with Crippen LogP contribution in [0.4, 0.5) is 14.5 Å². The van der Waals surface area contributed by atoms with Gasteiger partial charge < -0.3 is 24.3 Å². The van der Waals surface area contributed by atoms with Crippen LogP contribution in [0.1, 0.15) is 30.6 Å². The lowest BCUT2D eigenvalue weighted by Gasteiger charge is -2.37. The highest BCUT2D eigenvalue weighted by Gasteiger charge is 2.40. The maximum atomic E-state index is 15.5. The van der Waals surface area contributed by atoms with Crippen molar-refractivity contribution in [3.05, 3.63) is 83.3 Å². The van der Waals surface area contributed by atoms with Gasteiger partial charge in [-0.05, 0) is 37.3 Å². The number of carbonyl (C=O) groups excluding carboxylic acids is 3. The maximum absolute atomic E-state index is 15.5. The van der Waals surface area contributed by atoms with E-state index in [1.165, 1.54) is 19.1 Å². The predicted molar refractivity (Wildman–Crippen MR) is 185 cm³/mol. The minimum absolute atomic E-state index is 0.0633. The topological polar surface area (TPSA) is 107 Å². The van der Waals surface area contributed by atoms with Gasteiger partial charge in [0.15, 0.2) is 11.6 Å². The SMILES string of the molecule is CC(=O)c1cn(CC(=O)N2C[C@H](F)C[C@H]2C(=O)Nc2cccc(-c3ccccc3Cl)c2F)c2ccc(OCCS(=O)CC3(C)COC3)cc12. The number of rotatable bonds is 12. The summed E-state index contributed by atoms with van der Waals surface area (Å²) in [6, 6.07) is 15.2. The molecule has 2 aliphatic heterocycles. The predicted octanol–water partition coefficient (Wildman–Crippen LogP) is 6.05. The van der Waals surface area contributed by atoms with Gasteiger partial charge in [-0.1, -0.05) is 48.9 Å². The Kier molecular flexibility index (Phi) is 10.2. The number of amides is 2. The van der Waals surface area contributed by atoms with Crippen LogP contribution in [-0.4, -0.2) is 81.4 Å². The fourth-order valence-corrected chi connectivity index (χ4v) is 7.90. The van der Waals surface area contributed by atoms with E-state index in [0.717, 1.165) is 4.90 Å². The van der Waals surface area contributed by atoms with Gasteiger partial charge in [-0.25, -0.2) is 8.78 Å². The first kappa shape index (κ1) is 34.7. The van der Waals surface area contributed by atoms with E-state index in [0.29, 0.717) is 57.5 Å². The van der Waals surface area contributed by atoms with Gasteiger partial charge in [-0.2, -0.15) is 0 Å². The van der Waals surface area contributed by atoms with Gasteiger partial charge in [0.25, 0.3) is 0 Å². The summed E-state index contributed by atoms with van der Waals surface area (Å²) in [7, 11) is -1.07. The van der Waals surface area contributed by atoms with E-state index in [2.05, 4.69) is 5.32 Å². The van der Waals surface area contributed by atoms with E-state index in [4.69, 9.17) is 21.1 Å². The number of hydrogen-bond donors (Lipinski definition) is 1. The second-order valence-electron chi connectivity index (χ2n) is 12.9. The number of alkyl halides is 1. The van der Waals surface area contributed by atoms with Crippen molar-refractivity contribution in [3.63, 3.8) is 0 Å². The number of ketones is 1. The number of anilines is 1. The Morgan fingerprint density at radius 2 is 1.86 bits per heavy atom. The van der Waals surface area contributed by atoms with Gasteiger partial charge >= 0.3 is 0 Å². The molecule has 3 heterocycles. The number of halogens is 3. The van der Waals surface area contributed by atoms with E-state index in [9.17, 15) is 23.0 Å². The van der Waals surface area contributed by atoms with Crippen LogP contribution in [0, 0.1) is 11.2 Å². The summed E-state index contributed by atoms with van der Waals surface area (Å²) in [6.07, 6.45) is -0.140. The third kappa shape index (κ3) is 7.56. The van der Waals surface area contributed by atoms with Crippen molar-refractivity contribution in [1.29, 1.82) is 0 Å². The Bertz CT molecular complexity index is 1950. The molecule has 0 radical (unpaired) electrons. The summed E-state index contributed by atoms with van der Waals surface area (Å²) < 4.78 is 55.5. The summed E-state index contributed by atoms with van der Waals surface area (Å²) in [5, 5.41) is 3.44. The Balaban J connectivity index is 1.15.